The lowest BCUT2D eigenvalue weighted by Crippen LogP contribution is -2.60. The summed E-state index contributed by atoms with van der Waals surface area (Å²) in [5.41, 5.74) is 5.35. The molecule has 0 aliphatic carbocycles. The molecule has 0 aliphatic rings. The average molecular weight is 436 g/mol. The first-order valence-corrected chi connectivity index (χ1v) is 8.42. The van der Waals surface area contributed by atoms with Gasteiger partial charge in [-0.1, -0.05) is 0 Å². The van der Waals surface area contributed by atoms with Gasteiger partial charge in [-0.25, -0.2) is 4.79 Å². The second-order valence-corrected chi connectivity index (χ2v) is 6.17. The molecule has 0 fully saturated rings. The van der Waals surface area contributed by atoms with E-state index in [0.29, 0.717) is 0 Å². The molecule has 0 aromatic rings. The highest BCUT2D eigenvalue weighted by atomic mass is 16.4. The number of nitrogens with one attached hydrogen (secondary N) is 3. The van der Waals surface area contributed by atoms with E-state index in [9.17, 15) is 39.0 Å². The number of aliphatic hydroxyl groups excluding tert-OH is 2. The summed E-state index contributed by atoms with van der Waals surface area (Å²) < 4.78 is 0. The van der Waals surface area contributed by atoms with Crippen LogP contribution in [-0.2, 0) is 28.8 Å². The Hall–Kier alpha value is -3.30. The molecule has 0 saturated carbocycles. The fourth-order valence-corrected chi connectivity index (χ4v) is 2.05. The molecule has 0 radical (unpaired) electrons. The summed E-state index contributed by atoms with van der Waals surface area (Å²) in [6.07, 6.45) is -3.27. The lowest BCUT2D eigenvalue weighted by atomic mass is 10.1. The summed E-state index contributed by atoms with van der Waals surface area (Å²) in [4.78, 5) is 68.5. The zero-order chi connectivity index (χ0) is 23.6. The zero-order valence-corrected chi connectivity index (χ0v) is 15.8. The average Bonchev–Trinajstić information content (AvgIpc) is 2.61. The van der Waals surface area contributed by atoms with Crippen LogP contribution in [0.15, 0.2) is 0 Å². The molecular weight excluding hydrogens is 412 g/mol. The molecule has 5 unspecified atom stereocenters. The third-order valence-electron chi connectivity index (χ3n) is 3.60. The van der Waals surface area contributed by atoms with Gasteiger partial charge in [0.05, 0.1) is 31.6 Å². The van der Waals surface area contributed by atoms with Crippen LogP contribution in [0.1, 0.15) is 19.8 Å². The summed E-state index contributed by atoms with van der Waals surface area (Å²) in [6, 6.07) is -6.84. The van der Waals surface area contributed by atoms with Crippen LogP contribution in [0.4, 0.5) is 0 Å². The topological polar surface area (TPSA) is 266 Å². The van der Waals surface area contributed by atoms with Gasteiger partial charge < -0.3 is 47.2 Å². The highest BCUT2D eigenvalue weighted by Gasteiger charge is 2.32. The zero-order valence-electron chi connectivity index (χ0n) is 15.8. The van der Waals surface area contributed by atoms with Crippen molar-refractivity contribution in [3.63, 3.8) is 0 Å². The number of carbonyl (C=O) groups excluding carboxylic acids is 3. The molecule has 3 amide bonds. The van der Waals surface area contributed by atoms with Crippen LogP contribution >= 0.6 is 0 Å². The Morgan fingerprint density at radius 2 is 1.30 bits per heavy atom. The van der Waals surface area contributed by atoms with E-state index in [2.05, 4.69) is 0 Å². The molecule has 170 valence electrons. The summed E-state index contributed by atoms with van der Waals surface area (Å²) in [5, 5.41) is 51.0. The van der Waals surface area contributed by atoms with Crippen molar-refractivity contribution in [1.29, 1.82) is 0 Å². The van der Waals surface area contributed by atoms with Crippen molar-refractivity contribution in [1.82, 2.24) is 16.0 Å². The van der Waals surface area contributed by atoms with Gasteiger partial charge in [0.2, 0.25) is 17.7 Å². The van der Waals surface area contributed by atoms with Gasteiger partial charge in [-0.05, 0) is 6.92 Å². The number of hydrogen-bond donors (Lipinski definition) is 9. The van der Waals surface area contributed by atoms with E-state index >= 15 is 0 Å². The van der Waals surface area contributed by atoms with E-state index in [-0.39, 0.29) is 0 Å². The normalized spacial score (nSPS) is 15.6. The highest BCUT2D eigenvalue weighted by Crippen LogP contribution is 1.99. The minimum Gasteiger partial charge on any atom is -0.481 e. The van der Waals surface area contributed by atoms with Crippen LogP contribution in [-0.4, -0.2) is 98.0 Å². The number of aliphatic hydroxyl groups is 2. The van der Waals surface area contributed by atoms with Crippen LogP contribution in [0.25, 0.3) is 0 Å². The van der Waals surface area contributed by atoms with E-state index < -0.39 is 85.3 Å². The van der Waals surface area contributed by atoms with Gasteiger partial charge in [0.15, 0.2) is 0 Å². The van der Waals surface area contributed by atoms with Crippen LogP contribution < -0.4 is 21.7 Å². The fourth-order valence-electron chi connectivity index (χ4n) is 2.05. The van der Waals surface area contributed by atoms with Gasteiger partial charge in [-0.2, -0.15) is 0 Å². The van der Waals surface area contributed by atoms with Crippen LogP contribution in [0.2, 0.25) is 0 Å². The van der Waals surface area contributed by atoms with Gasteiger partial charge in [0.25, 0.3) is 0 Å². The lowest BCUT2D eigenvalue weighted by Gasteiger charge is -2.25. The van der Waals surface area contributed by atoms with E-state index in [1.54, 1.807) is 0 Å². The SMILES string of the molecule is CC(O)C(NC(=O)C(N)CC(=O)O)C(=O)NC(CO)C(=O)NC(CC(=O)O)C(=O)O. The molecule has 0 heterocycles. The molecule has 10 N–H and O–H groups in total. The molecule has 0 aromatic carbocycles. The quantitative estimate of drug-likeness (QED) is 0.132. The molecule has 0 rings (SSSR count). The standard InChI is InChI=1S/C15H24N4O11/c1-5(21)11(19-12(26)6(16)2-9(22)23)14(28)18-8(4-20)13(27)17-7(15(29)30)3-10(24)25/h5-8,11,20-21H,2-4,16H2,1H3,(H,17,27)(H,18,28)(H,19,26)(H,22,23)(H,24,25)(H,29,30). The van der Waals surface area contributed by atoms with Crippen molar-refractivity contribution in [2.45, 2.75) is 50.0 Å². The predicted octanol–water partition coefficient (Wildman–Crippen LogP) is -4.82. The number of amides is 3. The Bertz CT molecular complexity index is 681. The molecule has 15 nitrogen and oxygen atoms in total. The van der Waals surface area contributed by atoms with Gasteiger partial charge in [-0.15, -0.1) is 0 Å². The molecule has 5 atom stereocenters. The molecular formula is C15H24N4O11. The first-order valence-electron chi connectivity index (χ1n) is 8.42. The summed E-state index contributed by atoms with van der Waals surface area (Å²) in [6.45, 7) is 0.0601. The maximum atomic E-state index is 12.3. The minimum absolute atomic E-state index is 0.762. The number of aliphatic carboxylic acids is 3. The second-order valence-electron chi connectivity index (χ2n) is 6.17. The maximum absolute atomic E-state index is 12.3. The van der Waals surface area contributed by atoms with Crippen molar-refractivity contribution >= 4 is 35.6 Å². The van der Waals surface area contributed by atoms with E-state index in [1.165, 1.54) is 0 Å². The monoisotopic (exact) mass is 436 g/mol. The number of carbonyl (C=O) groups is 6. The molecule has 30 heavy (non-hydrogen) atoms. The van der Waals surface area contributed by atoms with Crippen molar-refractivity contribution in [2.75, 3.05) is 6.61 Å². The van der Waals surface area contributed by atoms with Crippen LogP contribution in [0.3, 0.4) is 0 Å². The van der Waals surface area contributed by atoms with Gasteiger partial charge in [0, 0.05) is 0 Å². The third-order valence-corrected chi connectivity index (χ3v) is 3.60. The Morgan fingerprint density at radius 3 is 1.70 bits per heavy atom. The summed E-state index contributed by atoms with van der Waals surface area (Å²) in [5.74, 6) is -8.09. The largest absolute Gasteiger partial charge is 0.481 e. The number of nitrogens with two attached hydrogens (primary N) is 1. The predicted molar refractivity (Wildman–Crippen MR) is 94.7 cm³/mol. The van der Waals surface area contributed by atoms with E-state index in [0.717, 1.165) is 6.92 Å². The van der Waals surface area contributed by atoms with Crippen molar-refractivity contribution in [3.05, 3.63) is 0 Å². The second kappa shape index (κ2) is 12.3. The number of carboxylic acid groups (broad SMARTS) is 3. The van der Waals surface area contributed by atoms with Crippen molar-refractivity contribution < 1.29 is 54.3 Å². The third kappa shape index (κ3) is 9.26. The fraction of sp³-hybridized carbons (Fsp3) is 0.600. The van der Waals surface area contributed by atoms with Gasteiger partial charge in [0.1, 0.15) is 18.1 Å². The lowest BCUT2D eigenvalue weighted by molar-refractivity contribution is -0.147. The van der Waals surface area contributed by atoms with Gasteiger partial charge >= 0.3 is 17.9 Å². The maximum Gasteiger partial charge on any atom is 0.326 e. The summed E-state index contributed by atoms with van der Waals surface area (Å²) >= 11 is 0. The van der Waals surface area contributed by atoms with Crippen LogP contribution in [0.5, 0.6) is 0 Å². The Kier molecular flexibility index (Phi) is 10.9. The van der Waals surface area contributed by atoms with Crippen molar-refractivity contribution in [2.24, 2.45) is 5.73 Å². The first-order chi connectivity index (χ1) is 13.8. The number of carboxylic acids is 3. The molecule has 15 heteroatoms. The molecule has 0 spiro atoms. The van der Waals surface area contributed by atoms with Crippen molar-refractivity contribution in [3.8, 4) is 0 Å². The Labute approximate surface area is 169 Å². The van der Waals surface area contributed by atoms with E-state index in [4.69, 9.17) is 21.1 Å². The molecule has 0 bridgehead atoms. The molecule has 0 aromatic heterocycles. The van der Waals surface area contributed by atoms with Crippen LogP contribution in [0, 0.1) is 0 Å². The molecule has 0 aliphatic heterocycles. The smallest absolute Gasteiger partial charge is 0.326 e. The number of hydrogen-bond acceptors (Lipinski definition) is 9. The van der Waals surface area contributed by atoms with E-state index in [1.807, 2.05) is 16.0 Å². The minimum atomic E-state index is -1.85. The number of rotatable bonds is 13. The Morgan fingerprint density at radius 1 is 0.800 bits per heavy atom. The molecule has 0 saturated heterocycles. The van der Waals surface area contributed by atoms with Gasteiger partial charge in [-0.3, -0.25) is 24.0 Å². The highest BCUT2D eigenvalue weighted by molar-refractivity contribution is 5.95. The first kappa shape index (κ1) is 26.7. The summed E-state index contributed by atoms with van der Waals surface area (Å²) in [7, 11) is 0. The Balaban J connectivity index is 5.19.